The van der Waals surface area contributed by atoms with Crippen molar-refractivity contribution in [1.29, 1.82) is 5.26 Å². The van der Waals surface area contributed by atoms with Crippen LogP contribution in [0.3, 0.4) is 0 Å². The standard InChI is InChI=1S/C13H12N4O/c1-2-17(9-6-14)13(18)10-4-3-5-11-12(10)16-8-7-15-11/h3-5,7-8H,2,9H2,1H3. The zero-order valence-electron chi connectivity index (χ0n) is 10.00. The number of nitriles is 1. The minimum absolute atomic E-state index is 0.0754. The van der Waals surface area contributed by atoms with Crippen molar-refractivity contribution in [2.45, 2.75) is 6.92 Å². The number of fused-ring (bicyclic) bond motifs is 1. The fraction of sp³-hybridized carbons (Fsp3) is 0.231. The summed E-state index contributed by atoms with van der Waals surface area (Å²) in [5.41, 5.74) is 1.73. The lowest BCUT2D eigenvalue weighted by Crippen LogP contribution is -2.31. The minimum Gasteiger partial charge on any atom is -0.326 e. The second kappa shape index (κ2) is 5.23. The number of carbonyl (C=O) groups is 1. The number of hydrogen-bond acceptors (Lipinski definition) is 4. The monoisotopic (exact) mass is 240 g/mol. The van der Waals surface area contributed by atoms with Crippen LogP contribution >= 0.6 is 0 Å². The Hall–Kier alpha value is -2.48. The van der Waals surface area contributed by atoms with E-state index in [-0.39, 0.29) is 12.5 Å². The van der Waals surface area contributed by atoms with Crippen molar-refractivity contribution in [2.24, 2.45) is 0 Å². The van der Waals surface area contributed by atoms with E-state index in [1.54, 1.807) is 30.6 Å². The average Bonchev–Trinajstić information content (AvgIpc) is 2.43. The highest BCUT2D eigenvalue weighted by molar-refractivity contribution is 6.04. The zero-order chi connectivity index (χ0) is 13.0. The van der Waals surface area contributed by atoms with Crippen LogP contribution in [-0.4, -0.2) is 33.9 Å². The van der Waals surface area contributed by atoms with Crippen molar-refractivity contribution in [1.82, 2.24) is 14.9 Å². The van der Waals surface area contributed by atoms with Gasteiger partial charge in [0.1, 0.15) is 12.1 Å². The maximum atomic E-state index is 12.3. The van der Waals surface area contributed by atoms with Gasteiger partial charge in [-0.15, -0.1) is 0 Å². The Balaban J connectivity index is 2.48. The van der Waals surface area contributed by atoms with Crippen LogP contribution < -0.4 is 0 Å². The molecule has 0 saturated carbocycles. The van der Waals surface area contributed by atoms with E-state index in [2.05, 4.69) is 9.97 Å². The van der Waals surface area contributed by atoms with Gasteiger partial charge in [0.2, 0.25) is 0 Å². The van der Waals surface area contributed by atoms with Crippen molar-refractivity contribution in [3.05, 3.63) is 36.2 Å². The Kier molecular flexibility index (Phi) is 3.49. The van der Waals surface area contributed by atoms with Crippen molar-refractivity contribution < 1.29 is 4.79 Å². The molecule has 0 N–H and O–H groups in total. The fourth-order valence-electron chi connectivity index (χ4n) is 1.75. The number of amides is 1. The number of para-hydroxylation sites is 1. The first kappa shape index (κ1) is 12.0. The Labute approximate surface area is 105 Å². The van der Waals surface area contributed by atoms with E-state index in [1.165, 1.54) is 4.90 Å². The van der Waals surface area contributed by atoms with Crippen molar-refractivity contribution in [2.75, 3.05) is 13.1 Å². The third kappa shape index (κ3) is 2.13. The fourth-order valence-corrected chi connectivity index (χ4v) is 1.75. The van der Waals surface area contributed by atoms with Gasteiger partial charge in [0.05, 0.1) is 17.1 Å². The van der Waals surface area contributed by atoms with Crippen LogP contribution in [0.25, 0.3) is 11.0 Å². The normalized spacial score (nSPS) is 10.0. The first-order chi connectivity index (χ1) is 8.77. The van der Waals surface area contributed by atoms with Crippen LogP contribution in [0.5, 0.6) is 0 Å². The largest absolute Gasteiger partial charge is 0.326 e. The molecule has 0 aliphatic rings. The van der Waals surface area contributed by atoms with Gasteiger partial charge in [0.25, 0.3) is 5.91 Å². The molecule has 0 radical (unpaired) electrons. The minimum atomic E-state index is -0.190. The molecule has 0 aliphatic carbocycles. The SMILES string of the molecule is CCN(CC#N)C(=O)c1cccc2nccnc12. The lowest BCUT2D eigenvalue weighted by molar-refractivity contribution is 0.0786. The van der Waals surface area contributed by atoms with Crippen LogP contribution in [0.15, 0.2) is 30.6 Å². The predicted octanol–water partition coefficient (Wildman–Crippen LogP) is 1.62. The molecule has 0 fully saturated rings. The third-order valence-electron chi connectivity index (χ3n) is 2.66. The lowest BCUT2D eigenvalue weighted by Gasteiger charge is -2.17. The Bertz CT molecular complexity index is 612. The summed E-state index contributed by atoms with van der Waals surface area (Å²) in [6.45, 7) is 2.40. The van der Waals surface area contributed by atoms with Crippen molar-refractivity contribution in [3.63, 3.8) is 0 Å². The van der Waals surface area contributed by atoms with Gasteiger partial charge in [0.15, 0.2) is 0 Å². The third-order valence-corrected chi connectivity index (χ3v) is 2.66. The van der Waals surface area contributed by atoms with E-state index < -0.39 is 0 Å². The van der Waals surface area contributed by atoms with Gasteiger partial charge >= 0.3 is 0 Å². The van der Waals surface area contributed by atoms with Gasteiger partial charge in [-0.2, -0.15) is 5.26 Å². The van der Waals surface area contributed by atoms with E-state index >= 15 is 0 Å². The summed E-state index contributed by atoms with van der Waals surface area (Å²) < 4.78 is 0. The summed E-state index contributed by atoms with van der Waals surface area (Å²) in [6.07, 6.45) is 3.14. The van der Waals surface area contributed by atoms with Gasteiger partial charge in [-0.1, -0.05) is 6.07 Å². The molecule has 0 bridgehead atoms. The molecule has 0 spiro atoms. The molecule has 2 aromatic rings. The molecule has 5 heteroatoms. The summed E-state index contributed by atoms with van der Waals surface area (Å²) in [5, 5.41) is 8.70. The predicted molar refractivity (Wildman–Crippen MR) is 66.7 cm³/mol. The van der Waals surface area contributed by atoms with Crippen LogP contribution in [0.2, 0.25) is 0 Å². The lowest BCUT2D eigenvalue weighted by atomic mass is 10.1. The highest BCUT2D eigenvalue weighted by Gasteiger charge is 2.17. The second-order valence-corrected chi connectivity index (χ2v) is 3.71. The topological polar surface area (TPSA) is 69.9 Å². The summed E-state index contributed by atoms with van der Waals surface area (Å²) in [4.78, 5) is 22.1. The van der Waals surface area contributed by atoms with Crippen LogP contribution in [0.1, 0.15) is 17.3 Å². The van der Waals surface area contributed by atoms with Gasteiger partial charge in [-0.25, -0.2) is 0 Å². The number of carbonyl (C=O) groups excluding carboxylic acids is 1. The first-order valence-corrected chi connectivity index (χ1v) is 5.64. The van der Waals surface area contributed by atoms with Gasteiger partial charge in [-0.3, -0.25) is 14.8 Å². The molecule has 5 nitrogen and oxygen atoms in total. The number of aromatic nitrogens is 2. The summed E-state index contributed by atoms with van der Waals surface area (Å²) in [5.74, 6) is -0.190. The molecule has 0 aliphatic heterocycles. The number of benzene rings is 1. The summed E-state index contributed by atoms with van der Waals surface area (Å²) >= 11 is 0. The maximum absolute atomic E-state index is 12.3. The van der Waals surface area contributed by atoms with Crippen LogP contribution in [-0.2, 0) is 0 Å². The van der Waals surface area contributed by atoms with E-state index in [1.807, 2.05) is 13.0 Å². The van der Waals surface area contributed by atoms with E-state index in [4.69, 9.17) is 5.26 Å². The molecule has 1 heterocycles. The van der Waals surface area contributed by atoms with Gasteiger partial charge < -0.3 is 4.90 Å². The molecule has 2 rings (SSSR count). The molecule has 18 heavy (non-hydrogen) atoms. The number of hydrogen-bond donors (Lipinski definition) is 0. The summed E-state index contributed by atoms with van der Waals surface area (Å²) in [7, 11) is 0. The molecular weight excluding hydrogens is 228 g/mol. The molecule has 1 aromatic heterocycles. The highest BCUT2D eigenvalue weighted by atomic mass is 16.2. The Morgan fingerprint density at radius 1 is 1.39 bits per heavy atom. The van der Waals surface area contributed by atoms with Gasteiger partial charge in [-0.05, 0) is 19.1 Å². The zero-order valence-corrected chi connectivity index (χ0v) is 10.00. The van der Waals surface area contributed by atoms with Crippen molar-refractivity contribution in [3.8, 4) is 6.07 Å². The summed E-state index contributed by atoms with van der Waals surface area (Å²) in [6, 6.07) is 7.27. The van der Waals surface area contributed by atoms with E-state index in [0.717, 1.165) is 0 Å². The molecule has 90 valence electrons. The van der Waals surface area contributed by atoms with Crippen LogP contribution in [0.4, 0.5) is 0 Å². The molecular formula is C13H12N4O. The molecule has 0 unspecified atom stereocenters. The molecule has 1 aromatic carbocycles. The highest BCUT2D eigenvalue weighted by Crippen LogP contribution is 2.15. The molecule has 1 amide bonds. The van der Waals surface area contributed by atoms with Gasteiger partial charge in [0, 0.05) is 18.9 Å². The van der Waals surface area contributed by atoms with E-state index in [9.17, 15) is 4.79 Å². The Morgan fingerprint density at radius 2 is 2.17 bits per heavy atom. The van der Waals surface area contributed by atoms with E-state index in [0.29, 0.717) is 23.1 Å². The van der Waals surface area contributed by atoms with Crippen LogP contribution in [0, 0.1) is 11.3 Å². The van der Waals surface area contributed by atoms with Crippen molar-refractivity contribution >= 4 is 16.9 Å². The quantitative estimate of drug-likeness (QED) is 0.764. The molecule has 0 saturated heterocycles. The Morgan fingerprint density at radius 3 is 2.89 bits per heavy atom. The number of rotatable bonds is 3. The maximum Gasteiger partial charge on any atom is 0.256 e. The smallest absolute Gasteiger partial charge is 0.256 e. The average molecular weight is 240 g/mol. The second-order valence-electron chi connectivity index (χ2n) is 3.71. The first-order valence-electron chi connectivity index (χ1n) is 5.64. The number of nitrogens with zero attached hydrogens (tertiary/aromatic N) is 4. The molecule has 0 atom stereocenters.